The van der Waals surface area contributed by atoms with Crippen molar-refractivity contribution in [3.8, 4) is 6.07 Å². The van der Waals surface area contributed by atoms with Gasteiger partial charge in [-0.2, -0.15) is 5.26 Å². The first-order valence-electron chi connectivity index (χ1n) is 4.71. The lowest BCUT2D eigenvalue weighted by Gasteiger charge is -2.24. The topological polar surface area (TPSA) is 45.0 Å². The second-order valence-electron chi connectivity index (χ2n) is 3.32. The summed E-state index contributed by atoms with van der Waals surface area (Å²) in [7, 11) is 0. The summed E-state index contributed by atoms with van der Waals surface area (Å²) in [4.78, 5) is 0. The smallest absolute Gasteiger partial charge is 0.0991 e. The summed E-state index contributed by atoms with van der Waals surface area (Å²) in [5.41, 5.74) is 1.88. The third-order valence-electron chi connectivity index (χ3n) is 2.36. The molecule has 0 aliphatic carbocycles. The maximum absolute atomic E-state index is 8.65. The Labute approximate surface area is 95.5 Å². The van der Waals surface area contributed by atoms with Crippen LogP contribution in [0.3, 0.4) is 0 Å². The summed E-state index contributed by atoms with van der Waals surface area (Å²) in [6.07, 6.45) is 0. The Morgan fingerprint density at radius 1 is 1.33 bits per heavy atom. The predicted molar refractivity (Wildman–Crippen MR) is 60.0 cm³/mol. The lowest BCUT2D eigenvalue weighted by Crippen LogP contribution is -2.34. The number of morpholine rings is 1. The van der Waals surface area contributed by atoms with Crippen molar-refractivity contribution in [3.05, 3.63) is 35.4 Å². The van der Waals surface area contributed by atoms with Crippen LogP contribution in [-0.2, 0) is 4.74 Å². The molecule has 1 aliphatic rings. The zero-order chi connectivity index (χ0) is 9.80. The molecule has 0 aromatic heterocycles. The van der Waals surface area contributed by atoms with E-state index in [1.54, 1.807) is 0 Å². The molecule has 3 nitrogen and oxygen atoms in total. The van der Waals surface area contributed by atoms with Crippen molar-refractivity contribution in [2.24, 2.45) is 0 Å². The highest BCUT2D eigenvalue weighted by molar-refractivity contribution is 5.85. The number of nitriles is 1. The molecule has 80 valence electrons. The van der Waals surface area contributed by atoms with Crippen molar-refractivity contribution in [1.29, 1.82) is 5.26 Å². The summed E-state index contributed by atoms with van der Waals surface area (Å²) in [6, 6.07) is 10.0. The molecule has 1 heterocycles. The molecule has 0 radical (unpaired) electrons. The average molecular weight is 225 g/mol. The SMILES string of the molecule is Cl.N#Cc1ccc([C@H]2COCCN2)cc1. The molecular weight excluding hydrogens is 212 g/mol. The van der Waals surface area contributed by atoms with Gasteiger partial charge in [-0.3, -0.25) is 0 Å². The normalized spacial score (nSPS) is 20.1. The molecule has 1 aromatic carbocycles. The highest BCUT2D eigenvalue weighted by Crippen LogP contribution is 2.15. The zero-order valence-electron chi connectivity index (χ0n) is 8.27. The molecule has 1 saturated heterocycles. The van der Waals surface area contributed by atoms with Gasteiger partial charge in [-0.1, -0.05) is 12.1 Å². The Hall–Kier alpha value is -1.08. The first kappa shape index (κ1) is 12.0. The van der Waals surface area contributed by atoms with Crippen LogP contribution < -0.4 is 5.32 Å². The lowest BCUT2D eigenvalue weighted by atomic mass is 10.1. The van der Waals surface area contributed by atoms with Gasteiger partial charge >= 0.3 is 0 Å². The van der Waals surface area contributed by atoms with Crippen LogP contribution in [0.5, 0.6) is 0 Å². The van der Waals surface area contributed by atoms with Gasteiger partial charge in [0.1, 0.15) is 0 Å². The lowest BCUT2D eigenvalue weighted by molar-refractivity contribution is 0.0769. The molecule has 2 rings (SSSR count). The predicted octanol–water partition coefficient (Wildman–Crippen LogP) is 1.64. The largest absolute Gasteiger partial charge is 0.378 e. The summed E-state index contributed by atoms with van der Waals surface area (Å²) in [6.45, 7) is 2.39. The fraction of sp³-hybridized carbons (Fsp3) is 0.364. The summed E-state index contributed by atoms with van der Waals surface area (Å²) in [5.74, 6) is 0. The molecule has 1 aromatic rings. The third kappa shape index (κ3) is 2.93. The van der Waals surface area contributed by atoms with E-state index in [4.69, 9.17) is 10.00 Å². The van der Waals surface area contributed by atoms with Gasteiger partial charge in [-0.15, -0.1) is 12.4 Å². The van der Waals surface area contributed by atoms with Crippen LogP contribution >= 0.6 is 12.4 Å². The molecule has 1 aliphatic heterocycles. The van der Waals surface area contributed by atoms with Crippen LogP contribution in [0.1, 0.15) is 17.2 Å². The summed E-state index contributed by atoms with van der Waals surface area (Å²) in [5, 5.41) is 12.0. The first-order valence-corrected chi connectivity index (χ1v) is 4.71. The average Bonchev–Trinajstić information content (AvgIpc) is 2.30. The number of hydrogen-bond acceptors (Lipinski definition) is 3. The number of benzene rings is 1. The summed E-state index contributed by atoms with van der Waals surface area (Å²) < 4.78 is 5.37. The quantitative estimate of drug-likeness (QED) is 0.789. The molecule has 0 spiro atoms. The Morgan fingerprint density at radius 3 is 2.60 bits per heavy atom. The first-order chi connectivity index (χ1) is 6.90. The van der Waals surface area contributed by atoms with Crippen LogP contribution in [0, 0.1) is 11.3 Å². The van der Waals surface area contributed by atoms with Crippen LogP contribution in [0.2, 0.25) is 0 Å². The van der Waals surface area contributed by atoms with Gasteiger partial charge in [0.25, 0.3) is 0 Å². The molecule has 1 fully saturated rings. The van der Waals surface area contributed by atoms with Crippen molar-refractivity contribution >= 4 is 12.4 Å². The van der Waals surface area contributed by atoms with E-state index in [0.717, 1.165) is 13.2 Å². The van der Waals surface area contributed by atoms with Gasteiger partial charge in [0.05, 0.1) is 30.9 Å². The minimum Gasteiger partial charge on any atom is -0.378 e. The molecular formula is C11H13ClN2O. The van der Waals surface area contributed by atoms with Gasteiger partial charge in [-0.25, -0.2) is 0 Å². The van der Waals surface area contributed by atoms with E-state index in [1.807, 2.05) is 24.3 Å². The minimum atomic E-state index is 0. The van der Waals surface area contributed by atoms with Gasteiger partial charge in [0, 0.05) is 6.54 Å². The number of halogens is 1. The van der Waals surface area contributed by atoms with E-state index in [2.05, 4.69) is 11.4 Å². The standard InChI is InChI=1S/C11H12N2O.ClH/c12-7-9-1-3-10(4-2-9)11-8-14-6-5-13-11;/h1-4,11,13H,5-6,8H2;1H/t11-;/m1./s1. The Kier molecular flexibility index (Phi) is 4.57. The van der Waals surface area contributed by atoms with Crippen molar-refractivity contribution in [2.75, 3.05) is 19.8 Å². The molecule has 0 amide bonds. The zero-order valence-corrected chi connectivity index (χ0v) is 9.09. The van der Waals surface area contributed by atoms with E-state index in [0.29, 0.717) is 12.2 Å². The number of ether oxygens (including phenoxy) is 1. The number of rotatable bonds is 1. The third-order valence-corrected chi connectivity index (χ3v) is 2.36. The Bertz CT molecular complexity index is 339. The van der Waals surface area contributed by atoms with E-state index in [9.17, 15) is 0 Å². The maximum atomic E-state index is 8.65. The number of nitrogens with zero attached hydrogens (tertiary/aromatic N) is 1. The number of nitrogens with one attached hydrogen (secondary N) is 1. The second kappa shape index (κ2) is 5.72. The van der Waals surface area contributed by atoms with E-state index in [-0.39, 0.29) is 18.4 Å². The molecule has 0 bridgehead atoms. The van der Waals surface area contributed by atoms with Gasteiger partial charge in [-0.05, 0) is 17.7 Å². The van der Waals surface area contributed by atoms with Crippen LogP contribution in [0.4, 0.5) is 0 Å². The highest BCUT2D eigenvalue weighted by Gasteiger charge is 2.14. The molecule has 0 saturated carbocycles. The van der Waals surface area contributed by atoms with Crippen molar-refractivity contribution in [2.45, 2.75) is 6.04 Å². The van der Waals surface area contributed by atoms with Crippen LogP contribution in [0.15, 0.2) is 24.3 Å². The van der Waals surface area contributed by atoms with Gasteiger partial charge < -0.3 is 10.1 Å². The molecule has 0 unspecified atom stereocenters. The van der Waals surface area contributed by atoms with Crippen LogP contribution in [0.25, 0.3) is 0 Å². The van der Waals surface area contributed by atoms with Gasteiger partial charge in [0.2, 0.25) is 0 Å². The number of hydrogen-bond donors (Lipinski definition) is 1. The molecule has 15 heavy (non-hydrogen) atoms. The van der Waals surface area contributed by atoms with Gasteiger partial charge in [0.15, 0.2) is 0 Å². The van der Waals surface area contributed by atoms with Crippen LogP contribution in [-0.4, -0.2) is 19.8 Å². The van der Waals surface area contributed by atoms with E-state index in [1.165, 1.54) is 5.56 Å². The minimum absolute atomic E-state index is 0. The fourth-order valence-electron chi connectivity index (χ4n) is 1.57. The maximum Gasteiger partial charge on any atom is 0.0991 e. The monoisotopic (exact) mass is 224 g/mol. The second-order valence-corrected chi connectivity index (χ2v) is 3.32. The summed E-state index contributed by atoms with van der Waals surface area (Å²) >= 11 is 0. The van der Waals surface area contributed by atoms with Crippen molar-refractivity contribution < 1.29 is 4.74 Å². The molecule has 1 N–H and O–H groups in total. The van der Waals surface area contributed by atoms with Crippen molar-refractivity contribution in [1.82, 2.24) is 5.32 Å². The molecule has 4 heteroatoms. The van der Waals surface area contributed by atoms with E-state index < -0.39 is 0 Å². The Balaban J connectivity index is 0.00000112. The Morgan fingerprint density at radius 2 is 2.07 bits per heavy atom. The van der Waals surface area contributed by atoms with Crippen molar-refractivity contribution in [3.63, 3.8) is 0 Å². The molecule has 1 atom stereocenters. The van der Waals surface area contributed by atoms with E-state index >= 15 is 0 Å². The highest BCUT2D eigenvalue weighted by atomic mass is 35.5. The fourth-order valence-corrected chi connectivity index (χ4v) is 1.57.